The molecule has 25 heavy (non-hydrogen) atoms. The van der Waals surface area contributed by atoms with Gasteiger partial charge in [-0.25, -0.2) is 4.98 Å². The number of para-hydroxylation sites is 1. The van der Waals surface area contributed by atoms with Crippen LogP contribution >= 0.6 is 11.3 Å². The predicted molar refractivity (Wildman–Crippen MR) is 101 cm³/mol. The van der Waals surface area contributed by atoms with E-state index in [4.69, 9.17) is 5.41 Å². The zero-order chi connectivity index (χ0) is 17.6. The number of ketones is 1. The van der Waals surface area contributed by atoms with E-state index in [0.717, 1.165) is 10.2 Å². The number of fused-ring (bicyclic) bond motifs is 1. The molecule has 6 heteroatoms. The lowest BCUT2D eigenvalue weighted by molar-refractivity contribution is 0.101. The molecule has 3 aromatic rings. The fourth-order valence-corrected chi connectivity index (χ4v) is 3.93. The molecule has 0 fully saturated rings. The van der Waals surface area contributed by atoms with Gasteiger partial charge in [0.15, 0.2) is 5.78 Å². The summed E-state index contributed by atoms with van der Waals surface area (Å²) >= 11 is 1.46. The molecule has 0 saturated heterocycles. The minimum Gasteiger partial charge on any atom is -0.510 e. The average Bonchev–Trinajstić information content (AvgIpc) is 3.15. The van der Waals surface area contributed by atoms with Crippen LogP contribution in [0, 0.1) is 5.41 Å². The molecule has 0 amide bonds. The van der Waals surface area contributed by atoms with E-state index in [2.05, 4.69) is 4.98 Å². The van der Waals surface area contributed by atoms with Gasteiger partial charge in [-0.1, -0.05) is 24.3 Å². The Labute approximate surface area is 148 Å². The van der Waals surface area contributed by atoms with Gasteiger partial charge >= 0.3 is 0 Å². The first-order valence-corrected chi connectivity index (χ1v) is 8.62. The van der Waals surface area contributed by atoms with E-state index in [9.17, 15) is 9.90 Å². The number of nitrogens with one attached hydrogen (secondary N) is 1. The molecule has 0 radical (unpaired) electrons. The third-order valence-corrected chi connectivity index (χ3v) is 5.23. The van der Waals surface area contributed by atoms with E-state index in [1.54, 1.807) is 23.1 Å². The van der Waals surface area contributed by atoms with Gasteiger partial charge in [0, 0.05) is 11.3 Å². The van der Waals surface area contributed by atoms with E-state index < -0.39 is 0 Å². The number of Topliss-reactive ketones (excluding diaryl/α,β-unsaturated/α-hetero) is 1. The third kappa shape index (κ3) is 2.60. The molecule has 2 aromatic carbocycles. The molecule has 0 saturated carbocycles. The molecule has 5 nitrogen and oxygen atoms in total. The van der Waals surface area contributed by atoms with Crippen LogP contribution in [0.2, 0.25) is 0 Å². The quantitative estimate of drug-likeness (QED) is 0.693. The normalized spacial score (nSPS) is 14.6. The minimum absolute atomic E-state index is 0.0313. The highest BCUT2D eigenvalue weighted by atomic mass is 32.1. The Morgan fingerprint density at radius 2 is 2.04 bits per heavy atom. The maximum atomic E-state index is 11.6. The Kier molecular flexibility index (Phi) is 3.62. The van der Waals surface area contributed by atoms with Crippen LogP contribution in [0.4, 0.5) is 5.69 Å². The minimum atomic E-state index is -0.0313. The van der Waals surface area contributed by atoms with Crippen molar-refractivity contribution in [2.24, 2.45) is 0 Å². The van der Waals surface area contributed by atoms with Gasteiger partial charge in [-0.2, -0.15) is 0 Å². The second-order valence-electron chi connectivity index (χ2n) is 5.85. The van der Waals surface area contributed by atoms with Crippen molar-refractivity contribution in [3.63, 3.8) is 0 Å². The van der Waals surface area contributed by atoms with Gasteiger partial charge in [0.05, 0.1) is 22.3 Å². The number of benzene rings is 2. The van der Waals surface area contributed by atoms with Crippen molar-refractivity contribution in [1.29, 1.82) is 5.41 Å². The number of hydrogen-bond donors (Lipinski definition) is 2. The van der Waals surface area contributed by atoms with Crippen LogP contribution in [-0.4, -0.2) is 28.3 Å². The molecule has 2 N–H and O–H groups in total. The summed E-state index contributed by atoms with van der Waals surface area (Å²) < 4.78 is 1.02. The van der Waals surface area contributed by atoms with Gasteiger partial charge in [0.1, 0.15) is 16.6 Å². The van der Waals surface area contributed by atoms with Crippen LogP contribution in [0.3, 0.4) is 0 Å². The van der Waals surface area contributed by atoms with Crippen molar-refractivity contribution in [1.82, 2.24) is 4.98 Å². The lowest BCUT2D eigenvalue weighted by Crippen LogP contribution is -2.26. The number of amidine groups is 1. The third-order valence-electron chi connectivity index (χ3n) is 4.18. The van der Waals surface area contributed by atoms with E-state index in [1.807, 2.05) is 30.3 Å². The van der Waals surface area contributed by atoms with Crippen molar-refractivity contribution in [2.75, 3.05) is 11.4 Å². The Balaban J connectivity index is 1.72. The molecule has 2 heterocycles. The number of nitrogens with zero attached hydrogens (tertiary/aromatic N) is 2. The molecule has 1 aromatic heterocycles. The molecule has 0 bridgehead atoms. The predicted octanol–water partition coefficient (Wildman–Crippen LogP) is 4.27. The monoisotopic (exact) mass is 349 g/mol. The molecule has 124 valence electrons. The first kappa shape index (κ1) is 15.5. The highest BCUT2D eigenvalue weighted by molar-refractivity contribution is 7.19. The Morgan fingerprint density at radius 3 is 2.80 bits per heavy atom. The lowest BCUT2D eigenvalue weighted by Gasteiger charge is -2.19. The van der Waals surface area contributed by atoms with Crippen molar-refractivity contribution >= 4 is 44.4 Å². The topological polar surface area (TPSA) is 77.3 Å². The molecule has 0 atom stereocenters. The molecule has 1 aliphatic heterocycles. The van der Waals surface area contributed by atoms with Crippen molar-refractivity contribution in [2.45, 2.75) is 6.92 Å². The van der Waals surface area contributed by atoms with Crippen LogP contribution < -0.4 is 4.90 Å². The summed E-state index contributed by atoms with van der Waals surface area (Å²) in [5.41, 5.74) is 2.60. The van der Waals surface area contributed by atoms with Gasteiger partial charge < -0.3 is 10.0 Å². The van der Waals surface area contributed by atoms with Crippen LogP contribution in [0.15, 0.2) is 54.3 Å². The number of anilines is 1. The smallest absolute Gasteiger partial charge is 0.159 e. The summed E-state index contributed by atoms with van der Waals surface area (Å²) in [6.07, 6.45) is 0. The molecular weight excluding hydrogens is 334 g/mol. The van der Waals surface area contributed by atoms with Crippen molar-refractivity contribution in [3.05, 3.63) is 64.9 Å². The Bertz CT molecular complexity index is 1020. The van der Waals surface area contributed by atoms with Crippen LogP contribution in [0.1, 0.15) is 22.3 Å². The Hall–Kier alpha value is -2.99. The second-order valence-corrected chi connectivity index (χ2v) is 6.88. The molecule has 0 aliphatic carbocycles. The number of carbonyl (C=O) groups is 1. The van der Waals surface area contributed by atoms with Crippen LogP contribution in [0.5, 0.6) is 0 Å². The number of thiazole rings is 1. The number of aromatic nitrogens is 1. The number of rotatable bonds is 3. The Morgan fingerprint density at radius 1 is 1.24 bits per heavy atom. The molecule has 0 unspecified atom stereocenters. The summed E-state index contributed by atoms with van der Waals surface area (Å²) in [7, 11) is 0. The average molecular weight is 349 g/mol. The van der Waals surface area contributed by atoms with Crippen molar-refractivity contribution in [3.8, 4) is 0 Å². The van der Waals surface area contributed by atoms with Gasteiger partial charge in [-0.05, 0) is 31.2 Å². The van der Waals surface area contributed by atoms with E-state index in [-0.39, 0.29) is 23.9 Å². The molecule has 4 rings (SSSR count). The number of aliphatic hydroxyl groups excluding tert-OH is 1. The zero-order valence-electron chi connectivity index (χ0n) is 13.5. The maximum absolute atomic E-state index is 11.6. The first-order valence-electron chi connectivity index (χ1n) is 7.80. The largest absolute Gasteiger partial charge is 0.510 e. The highest BCUT2D eigenvalue weighted by Gasteiger charge is 2.31. The van der Waals surface area contributed by atoms with Gasteiger partial charge in [0.25, 0.3) is 0 Å². The summed E-state index contributed by atoms with van der Waals surface area (Å²) in [5, 5.41) is 19.6. The fourth-order valence-electron chi connectivity index (χ4n) is 2.90. The summed E-state index contributed by atoms with van der Waals surface area (Å²) in [6.45, 7) is 1.71. The molecule has 0 spiro atoms. The standard InChI is InChI=1S/C19H15N3O2S/c1-11(23)12-5-4-6-13(9-12)22-10-15(24)17(18(22)20)19-21-14-7-2-3-8-16(14)25-19/h2-9,20,24H,10H2,1H3. The maximum Gasteiger partial charge on any atom is 0.159 e. The number of aliphatic hydroxyl groups is 1. The second kappa shape index (κ2) is 5.82. The van der Waals surface area contributed by atoms with Crippen LogP contribution in [-0.2, 0) is 0 Å². The number of carbonyl (C=O) groups excluding carboxylic acids is 1. The molecular formula is C19H15N3O2S. The van der Waals surface area contributed by atoms with Gasteiger partial charge in [-0.3, -0.25) is 10.2 Å². The van der Waals surface area contributed by atoms with Gasteiger partial charge in [-0.15, -0.1) is 11.3 Å². The fraction of sp³-hybridized carbons (Fsp3) is 0.105. The van der Waals surface area contributed by atoms with Crippen molar-refractivity contribution < 1.29 is 9.90 Å². The van der Waals surface area contributed by atoms with E-state index >= 15 is 0 Å². The van der Waals surface area contributed by atoms with E-state index in [1.165, 1.54) is 18.3 Å². The summed E-state index contributed by atoms with van der Waals surface area (Å²) in [6, 6.07) is 14.8. The first-order chi connectivity index (χ1) is 12.0. The van der Waals surface area contributed by atoms with E-state index in [0.29, 0.717) is 21.8 Å². The summed E-state index contributed by atoms with van der Waals surface area (Å²) in [4.78, 5) is 17.8. The van der Waals surface area contributed by atoms with Gasteiger partial charge in [0.2, 0.25) is 0 Å². The zero-order valence-corrected chi connectivity index (χ0v) is 14.3. The summed E-state index contributed by atoms with van der Waals surface area (Å²) in [5.74, 6) is 0.283. The van der Waals surface area contributed by atoms with Crippen LogP contribution in [0.25, 0.3) is 15.8 Å². The lowest BCUT2D eigenvalue weighted by atomic mass is 10.1. The SMILES string of the molecule is CC(=O)c1cccc(N2CC(O)=C(c3nc4ccccc4s3)C2=N)c1. The number of hydrogen-bond acceptors (Lipinski definition) is 5. The highest BCUT2D eigenvalue weighted by Crippen LogP contribution is 2.35. The molecule has 1 aliphatic rings.